The van der Waals surface area contributed by atoms with Crippen molar-refractivity contribution in [1.82, 2.24) is 0 Å². The SMILES string of the molecule is C=C(C)COc1ccc(NC(=O)CNc2cccc(OCC3CCCO3)c2)cc1. The van der Waals surface area contributed by atoms with Gasteiger partial charge in [0.15, 0.2) is 0 Å². The Labute approximate surface area is 171 Å². The molecule has 6 heteroatoms. The van der Waals surface area contributed by atoms with Gasteiger partial charge in [0.1, 0.15) is 24.7 Å². The molecule has 1 amide bonds. The molecule has 0 aliphatic carbocycles. The molecule has 1 heterocycles. The van der Waals surface area contributed by atoms with Crippen LogP contribution < -0.4 is 20.1 Å². The number of carbonyl (C=O) groups is 1. The average Bonchev–Trinajstić information content (AvgIpc) is 3.24. The van der Waals surface area contributed by atoms with Crippen molar-refractivity contribution >= 4 is 17.3 Å². The number of carbonyl (C=O) groups excluding carboxylic acids is 1. The van der Waals surface area contributed by atoms with E-state index in [2.05, 4.69) is 17.2 Å². The topological polar surface area (TPSA) is 68.8 Å². The van der Waals surface area contributed by atoms with E-state index in [1.165, 1.54) is 0 Å². The van der Waals surface area contributed by atoms with Gasteiger partial charge in [-0.1, -0.05) is 12.6 Å². The Kier molecular flexibility index (Phi) is 7.53. The van der Waals surface area contributed by atoms with Gasteiger partial charge in [-0.25, -0.2) is 0 Å². The second-order valence-electron chi connectivity index (χ2n) is 7.15. The molecule has 0 spiro atoms. The highest BCUT2D eigenvalue weighted by Crippen LogP contribution is 2.20. The molecule has 154 valence electrons. The van der Waals surface area contributed by atoms with Crippen LogP contribution in [0.5, 0.6) is 11.5 Å². The number of hydrogen-bond acceptors (Lipinski definition) is 5. The van der Waals surface area contributed by atoms with E-state index in [0.29, 0.717) is 18.9 Å². The van der Waals surface area contributed by atoms with Crippen LogP contribution in [0.4, 0.5) is 11.4 Å². The first-order chi connectivity index (χ1) is 14.1. The summed E-state index contributed by atoms with van der Waals surface area (Å²) in [4.78, 5) is 12.2. The molecule has 0 bridgehead atoms. The molecular formula is C23H28N2O4. The summed E-state index contributed by atoms with van der Waals surface area (Å²) < 4.78 is 16.9. The van der Waals surface area contributed by atoms with Crippen LogP contribution in [0, 0.1) is 0 Å². The smallest absolute Gasteiger partial charge is 0.243 e. The first-order valence-electron chi connectivity index (χ1n) is 9.84. The van der Waals surface area contributed by atoms with Gasteiger partial charge in [-0.05, 0) is 61.7 Å². The van der Waals surface area contributed by atoms with Gasteiger partial charge in [0, 0.05) is 24.0 Å². The molecule has 0 radical (unpaired) electrons. The molecule has 1 aliphatic heterocycles. The Morgan fingerprint density at radius 3 is 2.69 bits per heavy atom. The third-order valence-corrected chi connectivity index (χ3v) is 4.37. The van der Waals surface area contributed by atoms with E-state index >= 15 is 0 Å². The maximum absolute atomic E-state index is 12.2. The first kappa shape index (κ1) is 20.7. The molecule has 29 heavy (non-hydrogen) atoms. The van der Waals surface area contributed by atoms with Gasteiger partial charge in [-0.3, -0.25) is 4.79 Å². The number of ether oxygens (including phenoxy) is 3. The fourth-order valence-electron chi connectivity index (χ4n) is 2.89. The van der Waals surface area contributed by atoms with Crippen molar-refractivity contribution in [2.75, 3.05) is 37.0 Å². The number of anilines is 2. The molecule has 0 saturated carbocycles. The lowest BCUT2D eigenvalue weighted by molar-refractivity contribution is -0.114. The van der Waals surface area contributed by atoms with Crippen molar-refractivity contribution in [3.05, 3.63) is 60.7 Å². The van der Waals surface area contributed by atoms with Crippen molar-refractivity contribution in [2.24, 2.45) is 0 Å². The molecule has 2 aromatic carbocycles. The number of benzene rings is 2. The highest BCUT2D eigenvalue weighted by atomic mass is 16.5. The van der Waals surface area contributed by atoms with Crippen LogP contribution in [0.2, 0.25) is 0 Å². The van der Waals surface area contributed by atoms with E-state index in [1.54, 1.807) is 0 Å². The zero-order valence-corrected chi connectivity index (χ0v) is 16.8. The van der Waals surface area contributed by atoms with Crippen LogP contribution in [-0.4, -0.2) is 38.4 Å². The zero-order valence-electron chi connectivity index (χ0n) is 16.8. The molecular weight excluding hydrogens is 368 g/mol. The number of rotatable bonds is 10. The van der Waals surface area contributed by atoms with Crippen molar-refractivity contribution in [3.63, 3.8) is 0 Å². The maximum atomic E-state index is 12.2. The Bertz CT molecular complexity index is 814. The van der Waals surface area contributed by atoms with Crippen molar-refractivity contribution in [3.8, 4) is 11.5 Å². The minimum absolute atomic E-state index is 0.133. The van der Waals surface area contributed by atoms with E-state index in [4.69, 9.17) is 14.2 Å². The van der Waals surface area contributed by atoms with E-state index in [-0.39, 0.29) is 18.6 Å². The summed E-state index contributed by atoms with van der Waals surface area (Å²) in [6.45, 7) is 7.71. The van der Waals surface area contributed by atoms with Crippen molar-refractivity contribution in [1.29, 1.82) is 0 Å². The van der Waals surface area contributed by atoms with Gasteiger partial charge in [0.05, 0.1) is 12.6 Å². The summed E-state index contributed by atoms with van der Waals surface area (Å²) >= 11 is 0. The summed E-state index contributed by atoms with van der Waals surface area (Å²) in [7, 11) is 0. The summed E-state index contributed by atoms with van der Waals surface area (Å²) in [5.41, 5.74) is 2.50. The van der Waals surface area contributed by atoms with Gasteiger partial charge in [0.2, 0.25) is 5.91 Å². The minimum Gasteiger partial charge on any atom is -0.491 e. The zero-order chi connectivity index (χ0) is 20.5. The molecule has 1 aliphatic rings. The number of hydrogen-bond donors (Lipinski definition) is 2. The first-order valence-corrected chi connectivity index (χ1v) is 9.84. The third-order valence-electron chi connectivity index (χ3n) is 4.37. The Morgan fingerprint density at radius 2 is 1.97 bits per heavy atom. The fourth-order valence-corrected chi connectivity index (χ4v) is 2.89. The quantitative estimate of drug-likeness (QED) is 0.588. The maximum Gasteiger partial charge on any atom is 0.243 e. The van der Waals surface area contributed by atoms with Crippen LogP contribution in [0.1, 0.15) is 19.8 Å². The summed E-state index contributed by atoms with van der Waals surface area (Å²) in [6, 6.07) is 14.8. The third kappa shape index (κ3) is 7.16. The minimum atomic E-state index is -0.133. The number of amides is 1. The molecule has 2 N–H and O–H groups in total. The van der Waals surface area contributed by atoms with Crippen LogP contribution in [-0.2, 0) is 9.53 Å². The van der Waals surface area contributed by atoms with Gasteiger partial charge in [-0.15, -0.1) is 0 Å². The monoisotopic (exact) mass is 396 g/mol. The van der Waals surface area contributed by atoms with Crippen molar-refractivity contribution in [2.45, 2.75) is 25.9 Å². The molecule has 0 aromatic heterocycles. The normalized spacial score (nSPS) is 15.6. The average molecular weight is 396 g/mol. The van der Waals surface area contributed by atoms with Gasteiger partial charge in [0.25, 0.3) is 0 Å². The molecule has 3 rings (SSSR count). The largest absolute Gasteiger partial charge is 0.491 e. The Hall–Kier alpha value is -2.99. The summed E-state index contributed by atoms with van der Waals surface area (Å²) in [5.74, 6) is 1.37. The molecule has 6 nitrogen and oxygen atoms in total. The molecule has 2 aromatic rings. The second-order valence-corrected chi connectivity index (χ2v) is 7.15. The Balaban J connectivity index is 1.42. The molecule has 1 unspecified atom stereocenters. The molecule has 1 saturated heterocycles. The van der Waals surface area contributed by atoms with Gasteiger partial charge in [-0.2, -0.15) is 0 Å². The second kappa shape index (κ2) is 10.5. The van der Waals surface area contributed by atoms with E-state index in [1.807, 2.05) is 55.5 Å². The standard InChI is InChI=1S/C23H28N2O4/c1-17(2)15-28-20-10-8-18(9-11-20)25-23(26)14-24-19-5-3-6-21(13-19)29-16-22-7-4-12-27-22/h3,5-6,8-11,13,22,24H,1,4,7,12,14-16H2,2H3,(H,25,26). The van der Waals surface area contributed by atoms with E-state index in [9.17, 15) is 4.79 Å². The lowest BCUT2D eigenvalue weighted by Crippen LogP contribution is -2.21. The molecule has 1 atom stereocenters. The van der Waals surface area contributed by atoms with Gasteiger partial charge >= 0.3 is 0 Å². The van der Waals surface area contributed by atoms with Crippen LogP contribution in [0.25, 0.3) is 0 Å². The highest BCUT2D eigenvalue weighted by Gasteiger charge is 2.16. The van der Waals surface area contributed by atoms with Crippen LogP contribution in [0.15, 0.2) is 60.7 Å². The van der Waals surface area contributed by atoms with E-state index in [0.717, 1.165) is 42.2 Å². The highest BCUT2D eigenvalue weighted by molar-refractivity contribution is 5.93. The number of nitrogens with one attached hydrogen (secondary N) is 2. The molecule has 1 fully saturated rings. The van der Waals surface area contributed by atoms with Crippen molar-refractivity contribution < 1.29 is 19.0 Å². The predicted octanol–water partition coefficient (Wildman–Crippen LogP) is 4.25. The summed E-state index contributed by atoms with van der Waals surface area (Å²) in [5, 5.41) is 5.98. The fraction of sp³-hybridized carbons (Fsp3) is 0.348. The Morgan fingerprint density at radius 1 is 1.14 bits per heavy atom. The van der Waals surface area contributed by atoms with Crippen LogP contribution >= 0.6 is 0 Å². The lowest BCUT2D eigenvalue weighted by Gasteiger charge is -2.13. The lowest BCUT2D eigenvalue weighted by atomic mass is 10.2. The van der Waals surface area contributed by atoms with E-state index < -0.39 is 0 Å². The van der Waals surface area contributed by atoms with Gasteiger partial charge < -0.3 is 24.8 Å². The summed E-state index contributed by atoms with van der Waals surface area (Å²) in [6.07, 6.45) is 2.31. The van der Waals surface area contributed by atoms with Crippen LogP contribution in [0.3, 0.4) is 0 Å². The predicted molar refractivity (Wildman–Crippen MR) is 115 cm³/mol.